The van der Waals surface area contributed by atoms with E-state index >= 15 is 0 Å². The van der Waals surface area contributed by atoms with Gasteiger partial charge in [-0.3, -0.25) is 4.79 Å². The summed E-state index contributed by atoms with van der Waals surface area (Å²) in [4.78, 5) is 10.5. The first-order valence-electron chi connectivity index (χ1n) is 4.59. The summed E-state index contributed by atoms with van der Waals surface area (Å²) in [6.07, 6.45) is 0. The van der Waals surface area contributed by atoms with Gasteiger partial charge in [-0.1, -0.05) is 22.0 Å². The zero-order valence-electron chi connectivity index (χ0n) is 8.78. The summed E-state index contributed by atoms with van der Waals surface area (Å²) in [5.74, 6) is -0.285. The molecule has 0 spiro atoms. The molecule has 1 rings (SSSR count). The summed E-state index contributed by atoms with van der Waals surface area (Å²) in [6, 6.07) is 5.72. The van der Waals surface area contributed by atoms with Gasteiger partial charge in [0, 0.05) is 0 Å². The Balaban J connectivity index is 3.11. The van der Waals surface area contributed by atoms with E-state index in [1.165, 1.54) is 25.1 Å². The molecule has 0 saturated heterocycles. The van der Waals surface area contributed by atoms with E-state index in [4.69, 9.17) is 5.26 Å². The number of ketones is 1. The van der Waals surface area contributed by atoms with Crippen LogP contribution in [0.15, 0.2) is 18.2 Å². The van der Waals surface area contributed by atoms with Crippen LogP contribution >= 0.6 is 15.9 Å². The smallest absolute Gasteiger partial charge is 0.387 e. The van der Waals surface area contributed by atoms with Gasteiger partial charge in [-0.15, -0.1) is 0 Å². The molecular weight excluding hydrogens is 296 g/mol. The SMILES string of the molecule is CC(=O)C(Br)c1ccc(OC(F)F)cc1C#N. The van der Waals surface area contributed by atoms with Gasteiger partial charge in [0.15, 0.2) is 0 Å². The zero-order chi connectivity index (χ0) is 13.0. The number of hydrogen-bond donors (Lipinski definition) is 0. The first kappa shape index (κ1) is 13.6. The fourth-order valence-electron chi connectivity index (χ4n) is 1.25. The molecule has 0 N–H and O–H groups in total. The van der Waals surface area contributed by atoms with Crippen LogP contribution in [0.2, 0.25) is 0 Å². The predicted octanol–water partition coefficient (Wildman–Crippen LogP) is 3.18. The Kier molecular flexibility index (Phi) is 4.58. The van der Waals surface area contributed by atoms with Crippen LogP contribution in [0.4, 0.5) is 8.78 Å². The van der Waals surface area contributed by atoms with Gasteiger partial charge in [0.1, 0.15) is 11.5 Å². The summed E-state index contributed by atoms with van der Waals surface area (Å²) in [5, 5.41) is 8.88. The van der Waals surface area contributed by atoms with Crippen molar-refractivity contribution in [3.05, 3.63) is 29.3 Å². The Labute approximate surface area is 105 Å². The van der Waals surface area contributed by atoms with Gasteiger partial charge in [-0.2, -0.15) is 14.0 Å². The molecule has 0 radical (unpaired) electrons. The lowest BCUT2D eigenvalue weighted by atomic mass is 10.0. The second-order valence-electron chi connectivity index (χ2n) is 3.21. The first-order chi connectivity index (χ1) is 7.95. The normalized spacial score (nSPS) is 12.0. The van der Waals surface area contributed by atoms with Crippen molar-refractivity contribution in [1.29, 1.82) is 5.26 Å². The lowest BCUT2D eigenvalue weighted by Crippen LogP contribution is -2.06. The molecule has 1 aromatic rings. The lowest BCUT2D eigenvalue weighted by molar-refractivity contribution is -0.116. The van der Waals surface area contributed by atoms with Crippen LogP contribution in [-0.2, 0) is 4.79 Å². The first-order valence-corrected chi connectivity index (χ1v) is 5.50. The quantitative estimate of drug-likeness (QED) is 0.803. The topological polar surface area (TPSA) is 50.1 Å². The third-order valence-corrected chi connectivity index (χ3v) is 3.14. The number of hydrogen-bond acceptors (Lipinski definition) is 3. The van der Waals surface area contributed by atoms with Crippen molar-refractivity contribution < 1.29 is 18.3 Å². The predicted molar refractivity (Wildman–Crippen MR) is 60.1 cm³/mol. The molecule has 3 nitrogen and oxygen atoms in total. The molecule has 0 aromatic heterocycles. The molecule has 0 fully saturated rings. The maximum Gasteiger partial charge on any atom is 0.387 e. The molecular formula is C11H8BrF2NO2. The Hall–Kier alpha value is -1.48. The summed E-state index contributed by atoms with van der Waals surface area (Å²) in [5.41, 5.74) is 0.557. The number of rotatable bonds is 4. The van der Waals surface area contributed by atoms with Crippen molar-refractivity contribution in [2.24, 2.45) is 0 Å². The number of ether oxygens (including phenoxy) is 1. The molecule has 0 aliphatic rings. The van der Waals surface area contributed by atoms with Crippen molar-refractivity contribution in [3.63, 3.8) is 0 Å². The zero-order valence-corrected chi connectivity index (χ0v) is 10.4. The Bertz CT molecular complexity index is 471. The number of alkyl halides is 3. The molecule has 1 aromatic carbocycles. The molecule has 1 atom stereocenters. The van der Waals surface area contributed by atoms with Crippen LogP contribution in [0.3, 0.4) is 0 Å². The van der Waals surface area contributed by atoms with E-state index in [2.05, 4.69) is 20.7 Å². The van der Waals surface area contributed by atoms with Crippen molar-refractivity contribution >= 4 is 21.7 Å². The molecule has 6 heteroatoms. The van der Waals surface area contributed by atoms with Crippen molar-refractivity contribution in [2.45, 2.75) is 18.4 Å². The second kappa shape index (κ2) is 5.73. The van der Waals surface area contributed by atoms with Crippen LogP contribution < -0.4 is 4.74 Å². The van der Waals surface area contributed by atoms with Crippen LogP contribution in [0.25, 0.3) is 0 Å². The molecule has 0 amide bonds. The minimum atomic E-state index is -2.94. The number of nitrogens with zero attached hydrogens (tertiary/aromatic N) is 1. The number of carbonyl (C=O) groups is 1. The molecule has 90 valence electrons. The monoisotopic (exact) mass is 303 g/mol. The van der Waals surface area contributed by atoms with Crippen molar-refractivity contribution in [1.82, 2.24) is 0 Å². The highest BCUT2D eigenvalue weighted by molar-refractivity contribution is 9.09. The standard InChI is InChI=1S/C11H8BrF2NO2/c1-6(16)10(12)9-3-2-8(17-11(13)14)4-7(9)5-15/h2-4,10-11H,1H3. The van der Waals surface area contributed by atoms with Gasteiger partial charge >= 0.3 is 6.61 Å². The summed E-state index contributed by atoms with van der Waals surface area (Å²) >= 11 is 3.13. The van der Waals surface area contributed by atoms with E-state index in [9.17, 15) is 13.6 Å². The average Bonchev–Trinajstić information content (AvgIpc) is 2.27. The summed E-state index contributed by atoms with van der Waals surface area (Å²) in [6.45, 7) is -1.58. The minimum absolute atomic E-state index is 0.108. The van der Waals surface area contributed by atoms with Gasteiger partial charge in [-0.25, -0.2) is 0 Å². The molecule has 0 aliphatic heterocycles. The number of nitriles is 1. The minimum Gasteiger partial charge on any atom is -0.435 e. The van der Waals surface area contributed by atoms with Crippen LogP contribution in [-0.4, -0.2) is 12.4 Å². The number of carbonyl (C=O) groups excluding carboxylic acids is 1. The molecule has 0 aliphatic carbocycles. The summed E-state index contributed by atoms with van der Waals surface area (Å²) < 4.78 is 28.1. The Morgan fingerprint density at radius 1 is 1.53 bits per heavy atom. The highest BCUT2D eigenvalue weighted by atomic mass is 79.9. The van der Waals surface area contributed by atoms with E-state index < -0.39 is 11.4 Å². The maximum absolute atomic E-state index is 12.0. The van der Waals surface area contributed by atoms with Gasteiger partial charge < -0.3 is 4.74 Å². The maximum atomic E-state index is 12.0. The number of benzene rings is 1. The number of Topliss-reactive ketones (excluding diaryl/α,β-unsaturated/α-hetero) is 1. The van der Waals surface area contributed by atoms with Crippen molar-refractivity contribution in [2.75, 3.05) is 0 Å². The summed E-state index contributed by atoms with van der Waals surface area (Å²) in [7, 11) is 0. The third-order valence-electron chi connectivity index (χ3n) is 2.00. The van der Waals surface area contributed by atoms with E-state index in [0.29, 0.717) is 5.56 Å². The van der Waals surface area contributed by atoms with E-state index in [1.807, 2.05) is 6.07 Å². The van der Waals surface area contributed by atoms with Crippen molar-refractivity contribution in [3.8, 4) is 11.8 Å². The van der Waals surface area contributed by atoms with Crippen LogP contribution in [0.5, 0.6) is 5.75 Å². The van der Waals surface area contributed by atoms with E-state index in [1.54, 1.807) is 0 Å². The highest BCUT2D eigenvalue weighted by Crippen LogP contribution is 2.29. The van der Waals surface area contributed by atoms with Crippen LogP contribution in [0.1, 0.15) is 22.9 Å². The molecule has 17 heavy (non-hydrogen) atoms. The Morgan fingerprint density at radius 3 is 2.65 bits per heavy atom. The fourth-order valence-corrected chi connectivity index (χ4v) is 1.65. The van der Waals surface area contributed by atoms with Crippen LogP contribution in [0, 0.1) is 11.3 Å². The lowest BCUT2D eigenvalue weighted by Gasteiger charge is -2.10. The largest absolute Gasteiger partial charge is 0.435 e. The second-order valence-corrected chi connectivity index (χ2v) is 4.13. The highest BCUT2D eigenvalue weighted by Gasteiger charge is 2.17. The van der Waals surface area contributed by atoms with Gasteiger partial charge in [0.05, 0.1) is 16.5 Å². The van der Waals surface area contributed by atoms with Gasteiger partial charge in [0.25, 0.3) is 0 Å². The van der Waals surface area contributed by atoms with E-state index in [-0.39, 0.29) is 17.1 Å². The van der Waals surface area contributed by atoms with Gasteiger partial charge in [0.2, 0.25) is 0 Å². The number of halogens is 3. The van der Waals surface area contributed by atoms with E-state index in [0.717, 1.165) is 0 Å². The fraction of sp³-hybridized carbons (Fsp3) is 0.273. The molecule has 1 unspecified atom stereocenters. The Morgan fingerprint density at radius 2 is 2.18 bits per heavy atom. The molecule has 0 saturated carbocycles. The third kappa shape index (κ3) is 3.49. The average molecular weight is 304 g/mol. The van der Waals surface area contributed by atoms with Gasteiger partial charge in [-0.05, 0) is 24.6 Å². The molecule has 0 heterocycles. The molecule has 0 bridgehead atoms.